The zero-order valence-electron chi connectivity index (χ0n) is 19.7. The lowest BCUT2D eigenvalue weighted by Crippen LogP contribution is -2.46. The van der Waals surface area contributed by atoms with Crippen LogP contribution in [0.5, 0.6) is 0 Å². The maximum Gasteiger partial charge on any atom is 0.0577 e. The van der Waals surface area contributed by atoms with Crippen LogP contribution in [0.25, 0.3) is 0 Å². The van der Waals surface area contributed by atoms with Crippen molar-refractivity contribution in [3.63, 3.8) is 0 Å². The Bertz CT molecular complexity index is 541. The fourth-order valence-corrected chi connectivity index (χ4v) is 7.81. The topological polar surface area (TPSA) is 40.5 Å². The molecule has 168 valence electrons. The lowest BCUT2D eigenvalue weighted by atomic mass is 9.51. The summed E-state index contributed by atoms with van der Waals surface area (Å²) in [6.45, 7) is 8.72. The van der Waals surface area contributed by atoms with Crippen molar-refractivity contribution in [2.75, 3.05) is 0 Å². The van der Waals surface area contributed by atoms with E-state index in [1.807, 2.05) is 13.8 Å². The second-order valence-corrected chi connectivity index (χ2v) is 10.7. The molecule has 0 aliphatic heterocycles. The number of aliphatic hydroxyl groups is 2. The summed E-state index contributed by atoms with van der Waals surface area (Å²) in [5.41, 5.74) is 2.19. The van der Waals surface area contributed by atoms with E-state index >= 15 is 0 Å². The first kappa shape index (κ1) is 23.3. The van der Waals surface area contributed by atoms with E-state index in [2.05, 4.69) is 19.9 Å². The summed E-state index contributed by atoms with van der Waals surface area (Å²) in [6, 6.07) is 0. The third-order valence-electron chi connectivity index (χ3n) is 9.43. The number of fused-ring (bicyclic) bond motifs is 5. The van der Waals surface area contributed by atoms with Gasteiger partial charge in [-0.3, -0.25) is 0 Å². The minimum atomic E-state index is -0.0791. The highest BCUT2D eigenvalue weighted by molar-refractivity contribution is 5.20. The fourth-order valence-electron chi connectivity index (χ4n) is 7.81. The third kappa shape index (κ3) is 4.79. The number of hydrogen-bond acceptors (Lipinski definition) is 2. The van der Waals surface area contributed by atoms with E-state index in [1.54, 1.807) is 5.57 Å². The average molecular weight is 405 g/mol. The molecule has 0 heterocycles. The smallest absolute Gasteiger partial charge is 0.0577 e. The van der Waals surface area contributed by atoms with E-state index in [0.717, 1.165) is 55.3 Å². The molecule has 0 aromatic rings. The van der Waals surface area contributed by atoms with Gasteiger partial charge in [0, 0.05) is 0 Å². The van der Waals surface area contributed by atoms with Crippen molar-refractivity contribution in [1.29, 1.82) is 0 Å². The number of aliphatic hydroxyl groups excluding tert-OH is 2. The molecule has 2 N–H and O–H groups in total. The predicted octanol–water partition coefficient (Wildman–Crippen LogP) is 6.89. The Labute approximate surface area is 180 Å². The Morgan fingerprint density at radius 1 is 1.07 bits per heavy atom. The van der Waals surface area contributed by atoms with Gasteiger partial charge in [0.25, 0.3) is 0 Å². The molecule has 29 heavy (non-hydrogen) atoms. The minimum Gasteiger partial charge on any atom is -0.393 e. The maximum absolute atomic E-state index is 10.1. The first-order valence-electron chi connectivity index (χ1n) is 13.1. The van der Waals surface area contributed by atoms with Crippen LogP contribution in [0.2, 0.25) is 0 Å². The van der Waals surface area contributed by atoms with E-state index in [4.69, 9.17) is 0 Å². The van der Waals surface area contributed by atoms with Crippen molar-refractivity contribution in [3.8, 4) is 0 Å². The molecular weight excluding hydrogens is 356 g/mol. The Balaban J connectivity index is 0.00000117. The van der Waals surface area contributed by atoms with Crippen molar-refractivity contribution in [3.05, 3.63) is 11.6 Å². The van der Waals surface area contributed by atoms with Gasteiger partial charge in [0.1, 0.15) is 0 Å². The monoisotopic (exact) mass is 404 g/mol. The average Bonchev–Trinajstić information content (AvgIpc) is 3.08. The number of hydrogen-bond donors (Lipinski definition) is 2. The number of unbranched alkanes of at least 4 members (excludes halogenated alkanes) is 1. The van der Waals surface area contributed by atoms with Crippen LogP contribution in [0, 0.1) is 35.0 Å². The molecule has 4 aliphatic rings. The summed E-state index contributed by atoms with van der Waals surface area (Å²) in [5, 5.41) is 19.9. The van der Waals surface area contributed by atoms with Crippen LogP contribution in [0.4, 0.5) is 0 Å². The molecule has 0 aromatic heterocycles. The van der Waals surface area contributed by atoms with E-state index < -0.39 is 0 Å². The van der Waals surface area contributed by atoms with E-state index in [1.165, 1.54) is 57.8 Å². The van der Waals surface area contributed by atoms with Gasteiger partial charge in [-0.15, -0.1) is 0 Å². The van der Waals surface area contributed by atoms with Gasteiger partial charge in [-0.05, 0) is 106 Å². The first-order chi connectivity index (χ1) is 14.0. The summed E-state index contributed by atoms with van der Waals surface area (Å²) >= 11 is 0. The van der Waals surface area contributed by atoms with Crippen LogP contribution in [0.15, 0.2) is 11.6 Å². The normalized spacial score (nSPS) is 41.9. The second kappa shape index (κ2) is 10.3. The molecule has 3 saturated carbocycles. The van der Waals surface area contributed by atoms with Crippen LogP contribution < -0.4 is 0 Å². The molecule has 8 atom stereocenters. The van der Waals surface area contributed by atoms with Crippen molar-refractivity contribution in [2.45, 2.75) is 123 Å². The lowest BCUT2D eigenvalue weighted by Gasteiger charge is -2.54. The second-order valence-electron chi connectivity index (χ2n) is 10.7. The lowest BCUT2D eigenvalue weighted by molar-refractivity contribution is -0.0201. The molecule has 3 fully saturated rings. The molecule has 0 radical (unpaired) electrons. The summed E-state index contributed by atoms with van der Waals surface area (Å²) in [7, 11) is 0. The zero-order chi connectivity index (χ0) is 21.0. The summed E-state index contributed by atoms with van der Waals surface area (Å²) < 4.78 is 0. The van der Waals surface area contributed by atoms with Crippen LogP contribution >= 0.6 is 0 Å². The molecule has 0 amide bonds. The van der Waals surface area contributed by atoms with Gasteiger partial charge < -0.3 is 10.2 Å². The molecule has 0 aromatic carbocycles. The molecule has 4 aliphatic carbocycles. The van der Waals surface area contributed by atoms with Crippen molar-refractivity contribution in [2.24, 2.45) is 35.0 Å². The molecular formula is C27H48O2. The molecule has 2 heteroatoms. The molecule has 0 bridgehead atoms. The standard InChI is InChI=1S/C25H42O2.C2H6/c1-3-19(26)7-5-4-6-18-9-13-24-23-11-8-17-16-20(27)10-12-21(17)22(23)14-15-25(18,24)2;1-2/h8,18-24,26-27H,3-7,9-16H2,1-2H3;1-2H3. The van der Waals surface area contributed by atoms with E-state index in [9.17, 15) is 10.2 Å². The van der Waals surface area contributed by atoms with Crippen LogP contribution in [-0.2, 0) is 0 Å². The Morgan fingerprint density at radius 2 is 1.86 bits per heavy atom. The minimum absolute atomic E-state index is 0.0695. The highest BCUT2D eigenvalue weighted by Gasteiger charge is 2.55. The zero-order valence-corrected chi connectivity index (χ0v) is 19.7. The van der Waals surface area contributed by atoms with Gasteiger partial charge in [0.2, 0.25) is 0 Å². The third-order valence-corrected chi connectivity index (χ3v) is 9.43. The fraction of sp³-hybridized carbons (Fsp3) is 0.926. The summed E-state index contributed by atoms with van der Waals surface area (Å²) in [5.74, 6) is 4.48. The number of allylic oxidation sites excluding steroid dienone is 1. The summed E-state index contributed by atoms with van der Waals surface area (Å²) in [6.07, 6.45) is 18.5. The Morgan fingerprint density at radius 3 is 2.62 bits per heavy atom. The van der Waals surface area contributed by atoms with Crippen LogP contribution in [-0.4, -0.2) is 22.4 Å². The highest BCUT2D eigenvalue weighted by atomic mass is 16.3. The quantitative estimate of drug-likeness (QED) is 0.373. The van der Waals surface area contributed by atoms with Gasteiger partial charge >= 0.3 is 0 Å². The molecule has 4 rings (SSSR count). The Hall–Kier alpha value is -0.340. The highest BCUT2D eigenvalue weighted by Crippen LogP contribution is 2.64. The van der Waals surface area contributed by atoms with Gasteiger partial charge in [0.05, 0.1) is 12.2 Å². The SMILES string of the molecule is CC.CCC(O)CCCCC1CCC2C3CC=C4CC(O)CCC4C3CCC12C. The molecule has 0 spiro atoms. The Kier molecular flexibility index (Phi) is 8.30. The predicted molar refractivity (Wildman–Crippen MR) is 123 cm³/mol. The van der Waals surface area contributed by atoms with E-state index in [-0.39, 0.29) is 12.2 Å². The van der Waals surface area contributed by atoms with Gasteiger partial charge in [0.15, 0.2) is 0 Å². The van der Waals surface area contributed by atoms with Gasteiger partial charge in [-0.25, -0.2) is 0 Å². The molecule has 8 unspecified atom stereocenters. The molecule has 0 saturated heterocycles. The van der Waals surface area contributed by atoms with Gasteiger partial charge in [-0.2, -0.15) is 0 Å². The number of rotatable bonds is 6. The first-order valence-corrected chi connectivity index (χ1v) is 13.1. The largest absolute Gasteiger partial charge is 0.393 e. The van der Waals surface area contributed by atoms with Crippen LogP contribution in [0.1, 0.15) is 111 Å². The molecule has 2 nitrogen and oxygen atoms in total. The maximum atomic E-state index is 10.1. The van der Waals surface area contributed by atoms with Crippen LogP contribution in [0.3, 0.4) is 0 Å². The van der Waals surface area contributed by atoms with Crippen molar-refractivity contribution in [1.82, 2.24) is 0 Å². The van der Waals surface area contributed by atoms with Crippen molar-refractivity contribution >= 4 is 0 Å². The summed E-state index contributed by atoms with van der Waals surface area (Å²) in [4.78, 5) is 0. The van der Waals surface area contributed by atoms with Crippen molar-refractivity contribution < 1.29 is 10.2 Å². The van der Waals surface area contributed by atoms with E-state index in [0.29, 0.717) is 5.41 Å². The van der Waals surface area contributed by atoms with Gasteiger partial charge in [-0.1, -0.05) is 52.2 Å².